The Balaban J connectivity index is 1.93. The average Bonchev–Trinajstić information content (AvgIpc) is 3.33. The van der Waals surface area contributed by atoms with E-state index in [0.29, 0.717) is 27.9 Å². The summed E-state index contributed by atoms with van der Waals surface area (Å²) in [5.41, 5.74) is 1.60. The van der Waals surface area contributed by atoms with Crippen LogP contribution in [0, 0.1) is 5.82 Å². The van der Waals surface area contributed by atoms with Crippen LogP contribution in [-0.2, 0) is 14.1 Å². The summed E-state index contributed by atoms with van der Waals surface area (Å²) in [5.74, 6) is 0.539. The van der Waals surface area contributed by atoms with Crippen molar-refractivity contribution < 1.29 is 9.13 Å². The van der Waals surface area contributed by atoms with Gasteiger partial charge in [0.15, 0.2) is 11.2 Å². The van der Waals surface area contributed by atoms with Gasteiger partial charge in [-0.05, 0) is 42.5 Å². The third-order valence-corrected chi connectivity index (χ3v) is 5.79. The van der Waals surface area contributed by atoms with Gasteiger partial charge in [0.05, 0.1) is 17.8 Å². The molecule has 0 spiro atoms. The summed E-state index contributed by atoms with van der Waals surface area (Å²) in [6, 6.07) is 11.2. The second-order valence-corrected chi connectivity index (χ2v) is 7.74. The van der Waals surface area contributed by atoms with Crippen molar-refractivity contribution in [2.45, 2.75) is 0 Å². The summed E-state index contributed by atoms with van der Waals surface area (Å²) in [6.07, 6.45) is 1.75. The SMILES string of the molecule is COc1ccc(-c2cn3c4c(=O)n(C)c(=O)n(C)c4nc3n2-c2ccc(F)cc2)cc1Cl. The highest BCUT2D eigenvalue weighted by atomic mass is 35.5. The summed E-state index contributed by atoms with van der Waals surface area (Å²) in [4.78, 5) is 29.9. The van der Waals surface area contributed by atoms with Crippen molar-refractivity contribution in [1.82, 2.24) is 23.1 Å². The highest BCUT2D eigenvalue weighted by Gasteiger charge is 2.22. The number of ether oxygens (including phenoxy) is 1. The van der Waals surface area contributed by atoms with Crippen molar-refractivity contribution in [2.24, 2.45) is 14.1 Å². The molecule has 3 heterocycles. The van der Waals surface area contributed by atoms with Crippen molar-refractivity contribution in [3.05, 3.63) is 80.3 Å². The van der Waals surface area contributed by atoms with Crippen LogP contribution in [0.25, 0.3) is 33.9 Å². The number of aryl methyl sites for hydroxylation is 1. The molecule has 0 aliphatic rings. The Morgan fingerprint density at radius 3 is 2.41 bits per heavy atom. The van der Waals surface area contributed by atoms with Crippen LogP contribution in [0.2, 0.25) is 5.02 Å². The molecule has 10 heteroatoms. The summed E-state index contributed by atoms with van der Waals surface area (Å²) >= 11 is 6.35. The Morgan fingerprint density at radius 1 is 1.03 bits per heavy atom. The molecule has 8 nitrogen and oxygen atoms in total. The zero-order valence-electron chi connectivity index (χ0n) is 17.3. The van der Waals surface area contributed by atoms with Crippen LogP contribution in [0.1, 0.15) is 0 Å². The third kappa shape index (κ3) is 2.78. The second kappa shape index (κ2) is 7.10. The Hall–Kier alpha value is -3.85. The number of hydrogen-bond donors (Lipinski definition) is 0. The average molecular weight is 454 g/mol. The number of benzene rings is 2. The zero-order chi connectivity index (χ0) is 22.7. The maximum atomic E-state index is 13.6. The van der Waals surface area contributed by atoms with Crippen molar-refractivity contribution in [3.8, 4) is 22.7 Å². The molecule has 32 heavy (non-hydrogen) atoms. The fourth-order valence-corrected chi connectivity index (χ4v) is 4.10. The number of fused-ring (bicyclic) bond motifs is 3. The Morgan fingerprint density at radius 2 is 1.75 bits per heavy atom. The molecule has 0 unspecified atom stereocenters. The number of hydrogen-bond acceptors (Lipinski definition) is 4. The molecule has 0 bridgehead atoms. The zero-order valence-corrected chi connectivity index (χ0v) is 18.1. The maximum Gasteiger partial charge on any atom is 0.332 e. The Labute approximate surface area is 185 Å². The van der Waals surface area contributed by atoms with Gasteiger partial charge in [0, 0.05) is 31.5 Å². The molecule has 162 valence electrons. The smallest absolute Gasteiger partial charge is 0.332 e. The first-order chi connectivity index (χ1) is 15.3. The van der Waals surface area contributed by atoms with Gasteiger partial charge >= 0.3 is 5.69 Å². The number of imidazole rings is 2. The number of aromatic nitrogens is 5. The van der Waals surface area contributed by atoms with Gasteiger partial charge in [-0.3, -0.25) is 22.9 Å². The quantitative estimate of drug-likeness (QED) is 0.420. The topological polar surface area (TPSA) is 75.5 Å². The van der Waals surface area contributed by atoms with E-state index in [2.05, 4.69) is 4.98 Å². The molecule has 5 aromatic rings. The van der Waals surface area contributed by atoms with E-state index in [4.69, 9.17) is 16.3 Å². The van der Waals surface area contributed by atoms with E-state index in [0.717, 1.165) is 10.1 Å². The largest absolute Gasteiger partial charge is 0.495 e. The molecule has 0 radical (unpaired) electrons. The van der Waals surface area contributed by atoms with E-state index in [9.17, 15) is 14.0 Å². The van der Waals surface area contributed by atoms with E-state index in [1.807, 2.05) is 6.07 Å². The van der Waals surface area contributed by atoms with Crippen molar-refractivity contribution in [2.75, 3.05) is 7.11 Å². The fourth-order valence-electron chi connectivity index (χ4n) is 3.84. The van der Waals surface area contributed by atoms with Crippen LogP contribution in [0.15, 0.2) is 58.3 Å². The summed E-state index contributed by atoms with van der Waals surface area (Å²) < 4.78 is 24.6. The van der Waals surface area contributed by atoms with Gasteiger partial charge in [0.2, 0.25) is 5.78 Å². The first-order valence-corrected chi connectivity index (χ1v) is 9.99. The van der Waals surface area contributed by atoms with Crippen molar-refractivity contribution in [3.63, 3.8) is 0 Å². The monoisotopic (exact) mass is 453 g/mol. The number of rotatable bonds is 3. The van der Waals surface area contributed by atoms with E-state index in [1.165, 1.54) is 30.9 Å². The van der Waals surface area contributed by atoms with Gasteiger partial charge in [-0.15, -0.1) is 0 Å². The van der Waals surface area contributed by atoms with Gasteiger partial charge in [-0.2, -0.15) is 4.98 Å². The summed E-state index contributed by atoms with van der Waals surface area (Å²) in [7, 11) is 4.51. The molecule has 0 amide bonds. The highest BCUT2D eigenvalue weighted by Crippen LogP contribution is 2.33. The molecule has 0 fully saturated rings. The van der Waals surface area contributed by atoms with Gasteiger partial charge in [-0.25, -0.2) is 9.18 Å². The van der Waals surface area contributed by atoms with E-state index in [-0.39, 0.29) is 17.0 Å². The van der Waals surface area contributed by atoms with Gasteiger partial charge in [0.1, 0.15) is 11.6 Å². The summed E-state index contributed by atoms with van der Waals surface area (Å²) in [5, 5.41) is 0.415. The minimum Gasteiger partial charge on any atom is -0.495 e. The Bertz CT molecular complexity index is 1640. The molecule has 0 saturated carbocycles. The first kappa shape index (κ1) is 20.1. The van der Waals surface area contributed by atoms with Crippen molar-refractivity contribution >= 4 is 28.5 Å². The highest BCUT2D eigenvalue weighted by molar-refractivity contribution is 6.32. The first-order valence-electron chi connectivity index (χ1n) is 9.61. The van der Waals surface area contributed by atoms with E-state index < -0.39 is 11.2 Å². The van der Waals surface area contributed by atoms with Gasteiger partial charge < -0.3 is 4.74 Å². The van der Waals surface area contributed by atoms with E-state index in [1.54, 1.807) is 46.5 Å². The molecule has 0 aliphatic heterocycles. The lowest BCUT2D eigenvalue weighted by Gasteiger charge is -2.11. The number of halogens is 2. The molecule has 5 rings (SSSR count). The van der Waals surface area contributed by atoms with Crippen LogP contribution in [0.5, 0.6) is 5.75 Å². The lowest BCUT2D eigenvalue weighted by molar-refractivity contribution is 0.415. The van der Waals surface area contributed by atoms with Crippen LogP contribution in [0.4, 0.5) is 4.39 Å². The standard InChI is InChI=1S/C22H17ClFN5O3/c1-26-19-18(20(30)27(2)22(26)31)28-11-16(12-4-9-17(32-3)15(23)10-12)29(21(28)25-19)14-7-5-13(24)6-8-14/h4-11H,1-3H3. The maximum absolute atomic E-state index is 13.6. The lowest BCUT2D eigenvalue weighted by Crippen LogP contribution is -2.37. The van der Waals surface area contributed by atoms with Crippen LogP contribution in [-0.4, -0.2) is 30.2 Å². The van der Waals surface area contributed by atoms with Crippen LogP contribution < -0.4 is 16.0 Å². The van der Waals surface area contributed by atoms with E-state index >= 15 is 0 Å². The molecule has 0 atom stereocenters. The van der Waals surface area contributed by atoms with Gasteiger partial charge in [-0.1, -0.05) is 11.6 Å². The molecular weight excluding hydrogens is 437 g/mol. The molecular formula is C22H17ClFN5O3. The number of nitrogens with zero attached hydrogens (tertiary/aromatic N) is 5. The second-order valence-electron chi connectivity index (χ2n) is 7.34. The number of methoxy groups -OCH3 is 1. The molecule has 2 aromatic carbocycles. The van der Waals surface area contributed by atoms with Crippen molar-refractivity contribution in [1.29, 1.82) is 0 Å². The molecule has 0 aliphatic carbocycles. The Kier molecular flexibility index (Phi) is 4.45. The lowest BCUT2D eigenvalue weighted by atomic mass is 10.1. The molecule has 3 aromatic heterocycles. The third-order valence-electron chi connectivity index (χ3n) is 5.50. The minimum atomic E-state index is -0.473. The normalized spacial score (nSPS) is 11.5. The van der Waals surface area contributed by atoms with Crippen LogP contribution in [0.3, 0.4) is 0 Å². The molecule has 0 N–H and O–H groups in total. The predicted molar refractivity (Wildman–Crippen MR) is 119 cm³/mol. The van der Waals surface area contributed by atoms with Gasteiger partial charge in [0.25, 0.3) is 5.56 Å². The summed E-state index contributed by atoms with van der Waals surface area (Å²) in [6.45, 7) is 0. The predicted octanol–water partition coefficient (Wildman–Crippen LogP) is 3.14. The fraction of sp³-hybridized carbons (Fsp3) is 0.136. The molecule has 0 saturated heterocycles. The van der Waals surface area contributed by atoms with Crippen LogP contribution >= 0.6 is 11.6 Å². The minimum absolute atomic E-state index is 0.253.